The minimum atomic E-state index is 0.0294. The number of hydrogen-bond donors (Lipinski definition) is 0. The molecule has 2 aliphatic rings. The second kappa shape index (κ2) is 8.21. The lowest BCUT2D eigenvalue weighted by atomic mass is 9.65. The lowest BCUT2D eigenvalue weighted by Gasteiger charge is -2.38. The van der Waals surface area contributed by atoms with Gasteiger partial charge in [-0.05, 0) is 94.5 Å². The second-order valence-corrected chi connectivity index (χ2v) is 11.7. The monoisotopic (exact) mass is 570 g/mol. The van der Waals surface area contributed by atoms with Crippen LogP contribution in [0.25, 0.3) is 22.3 Å². The second-order valence-electron chi connectivity index (χ2n) is 9.84. The summed E-state index contributed by atoms with van der Waals surface area (Å²) >= 11 is 7.56. The minimum Gasteiger partial charge on any atom is -0.0642 e. The first-order valence-corrected chi connectivity index (χ1v) is 13.9. The summed E-state index contributed by atoms with van der Waals surface area (Å²) in [5.74, 6) is 0. The Morgan fingerprint density at radius 1 is 0.500 bits per heavy atom. The first kappa shape index (κ1) is 22.3. The molecule has 0 spiro atoms. The van der Waals surface area contributed by atoms with Crippen molar-refractivity contribution in [1.82, 2.24) is 0 Å². The largest absolute Gasteiger partial charge is 0.0642 e. The first-order valence-electron chi connectivity index (χ1n) is 12.3. The molecule has 0 saturated carbocycles. The van der Waals surface area contributed by atoms with Crippen LogP contribution >= 0.6 is 31.9 Å². The van der Waals surface area contributed by atoms with E-state index in [0.29, 0.717) is 0 Å². The first-order chi connectivity index (χ1) is 16.5. The molecule has 0 N–H and O–H groups in total. The molecule has 0 heterocycles. The van der Waals surface area contributed by atoms with Crippen molar-refractivity contribution >= 4 is 31.9 Å². The Balaban J connectivity index is 1.52. The van der Waals surface area contributed by atoms with Crippen molar-refractivity contribution in [1.29, 1.82) is 0 Å². The standard InChI is InChI=1S/C32H28Br2/c1-3-31(27-11-7-5-9-23(27)25-15-13-21(33)19-29(25)31)17-18-32(4-2)28-12-8-6-10-24(28)26-16-14-22(34)20-30(26)32/h5-16,19-20H,3-4,17-18H2,1-2H3. The Bertz CT molecular complexity index is 1310. The molecule has 2 heteroatoms. The average molecular weight is 572 g/mol. The lowest BCUT2D eigenvalue weighted by molar-refractivity contribution is 0.368. The minimum absolute atomic E-state index is 0.0294. The SMILES string of the molecule is CCC1(CCC2(CC)c3ccccc3-c3ccc(Br)cc32)c2ccccc2-c2ccc(Br)cc21. The Hall–Kier alpha value is -2.16. The summed E-state index contributed by atoms with van der Waals surface area (Å²) in [6.45, 7) is 4.75. The van der Waals surface area contributed by atoms with Gasteiger partial charge in [0.25, 0.3) is 0 Å². The summed E-state index contributed by atoms with van der Waals surface area (Å²) in [5, 5.41) is 0. The van der Waals surface area contributed by atoms with Gasteiger partial charge in [-0.15, -0.1) is 0 Å². The van der Waals surface area contributed by atoms with Crippen LogP contribution in [0.3, 0.4) is 0 Å². The molecule has 0 saturated heterocycles. The van der Waals surface area contributed by atoms with Crippen molar-refractivity contribution in [2.24, 2.45) is 0 Å². The van der Waals surface area contributed by atoms with E-state index in [4.69, 9.17) is 0 Å². The summed E-state index contributed by atoms with van der Waals surface area (Å²) in [4.78, 5) is 0. The van der Waals surface area contributed by atoms with Crippen LogP contribution in [-0.4, -0.2) is 0 Å². The fourth-order valence-electron chi connectivity index (χ4n) is 6.94. The van der Waals surface area contributed by atoms with Crippen LogP contribution < -0.4 is 0 Å². The highest BCUT2D eigenvalue weighted by Crippen LogP contribution is 2.58. The molecule has 0 bridgehead atoms. The van der Waals surface area contributed by atoms with E-state index >= 15 is 0 Å². The van der Waals surface area contributed by atoms with Gasteiger partial charge in [0.1, 0.15) is 0 Å². The van der Waals surface area contributed by atoms with Crippen molar-refractivity contribution in [3.63, 3.8) is 0 Å². The van der Waals surface area contributed by atoms with E-state index in [0.717, 1.165) is 25.7 Å². The average Bonchev–Trinajstić information content (AvgIpc) is 3.30. The summed E-state index contributed by atoms with van der Waals surface area (Å²) < 4.78 is 2.34. The van der Waals surface area contributed by atoms with Crippen molar-refractivity contribution in [3.8, 4) is 22.3 Å². The van der Waals surface area contributed by atoms with Crippen molar-refractivity contribution < 1.29 is 0 Å². The molecule has 0 aliphatic heterocycles. The zero-order valence-electron chi connectivity index (χ0n) is 19.7. The van der Waals surface area contributed by atoms with Gasteiger partial charge in [-0.2, -0.15) is 0 Å². The van der Waals surface area contributed by atoms with Crippen LogP contribution in [-0.2, 0) is 10.8 Å². The molecule has 0 nitrogen and oxygen atoms in total. The maximum absolute atomic E-state index is 3.78. The maximum atomic E-state index is 3.78. The van der Waals surface area contributed by atoms with Gasteiger partial charge in [-0.3, -0.25) is 0 Å². The van der Waals surface area contributed by atoms with Crippen LogP contribution in [0.1, 0.15) is 61.8 Å². The molecule has 0 fully saturated rings. The molecule has 0 aromatic heterocycles. The molecular weight excluding hydrogens is 544 g/mol. The maximum Gasteiger partial charge on any atom is 0.0213 e. The number of hydrogen-bond acceptors (Lipinski definition) is 0. The van der Waals surface area contributed by atoms with Gasteiger partial charge in [0.2, 0.25) is 0 Å². The fraction of sp³-hybridized carbons (Fsp3) is 0.250. The molecule has 0 radical (unpaired) electrons. The number of benzene rings is 4. The van der Waals surface area contributed by atoms with Crippen molar-refractivity contribution in [2.45, 2.75) is 50.4 Å². The highest BCUT2D eigenvalue weighted by atomic mass is 79.9. The van der Waals surface area contributed by atoms with Gasteiger partial charge in [-0.25, -0.2) is 0 Å². The van der Waals surface area contributed by atoms with Crippen LogP contribution in [0.4, 0.5) is 0 Å². The van der Waals surface area contributed by atoms with Crippen LogP contribution in [0, 0.1) is 0 Å². The van der Waals surface area contributed by atoms with E-state index in [9.17, 15) is 0 Å². The van der Waals surface area contributed by atoms with Gasteiger partial charge in [0.15, 0.2) is 0 Å². The van der Waals surface area contributed by atoms with E-state index in [2.05, 4.69) is 131 Å². The molecule has 2 aliphatic carbocycles. The summed E-state index contributed by atoms with van der Waals surface area (Å²) in [7, 11) is 0. The predicted molar refractivity (Wildman–Crippen MR) is 151 cm³/mol. The molecular formula is C32H28Br2. The quantitative estimate of drug-likeness (QED) is 0.223. The van der Waals surface area contributed by atoms with E-state index < -0.39 is 0 Å². The van der Waals surface area contributed by atoms with Gasteiger partial charge in [-0.1, -0.05) is 106 Å². The molecule has 6 rings (SSSR count). The van der Waals surface area contributed by atoms with Crippen LogP contribution in [0.2, 0.25) is 0 Å². The highest BCUT2D eigenvalue weighted by molar-refractivity contribution is 9.10. The number of halogens is 2. The van der Waals surface area contributed by atoms with Crippen LogP contribution in [0.15, 0.2) is 93.9 Å². The third-order valence-corrected chi connectivity index (χ3v) is 9.63. The van der Waals surface area contributed by atoms with Crippen molar-refractivity contribution in [2.75, 3.05) is 0 Å². The molecule has 34 heavy (non-hydrogen) atoms. The van der Waals surface area contributed by atoms with Crippen molar-refractivity contribution in [3.05, 3.63) is 116 Å². The normalized spacial score (nSPS) is 21.6. The lowest BCUT2D eigenvalue weighted by Crippen LogP contribution is -2.31. The van der Waals surface area contributed by atoms with Gasteiger partial charge >= 0.3 is 0 Å². The van der Waals surface area contributed by atoms with Crippen LogP contribution in [0.5, 0.6) is 0 Å². The van der Waals surface area contributed by atoms with E-state index in [-0.39, 0.29) is 10.8 Å². The number of rotatable bonds is 5. The summed E-state index contributed by atoms with van der Waals surface area (Å²) in [6.07, 6.45) is 4.44. The van der Waals surface area contributed by atoms with Gasteiger partial charge in [0, 0.05) is 19.8 Å². The fourth-order valence-corrected chi connectivity index (χ4v) is 7.66. The van der Waals surface area contributed by atoms with E-state index in [1.807, 2.05) is 0 Å². The Kier molecular flexibility index (Phi) is 5.39. The highest BCUT2D eigenvalue weighted by Gasteiger charge is 2.47. The molecule has 4 aromatic rings. The number of fused-ring (bicyclic) bond motifs is 6. The molecule has 2 atom stereocenters. The Morgan fingerprint density at radius 2 is 0.882 bits per heavy atom. The Labute approximate surface area is 219 Å². The Morgan fingerprint density at radius 3 is 1.29 bits per heavy atom. The van der Waals surface area contributed by atoms with E-state index in [1.165, 1.54) is 53.5 Å². The molecule has 170 valence electrons. The third kappa shape index (κ3) is 3.01. The third-order valence-electron chi connectivity index (χ3n) is 8.65. The van der Waals surface area contributed by atoms with E-state index in [1.54, 1.807) is 0 Å². The topological polar surface area (TPSA) is 0 Å². The van der Waals surface area contributed by atoms with Gasteiger partial charge in [0.05, 0.1) is 0 Å². The molecule has 2 unspecified atom stereocenters. The summed E-state index contributed by atoms with van der Waals surface area (Å²) in [5.41, 5.74) is 11.6. The summed E-state index contributed by atoms with van der Waals surface area (Å²) in [6, 6.07) is 31.9. The molecule has 0 amide bonds. The smallest absolute Gasteiger partial charge is 0.0213 e. The molecule has 4 aromatic carbocycles. The van der Waals surface area contributed by atoms with Gasteiger partial charge < -0.3 is 0 Å². The zero-order chi connectivity index (χ0) is 23.5. The predicted octanol–water partition coefficient (Wildman–Crippen LogP) is 10.0. The zero-order valence-corrected chi connectivity index (χ0v) is 22.8.